The molecule has 0 amide bonds. The highest BCUT2D eigenvalue weighted by molar-refractivity contribution is 4.64. The van der Waals surface area contributed by atoms with Gasteiger partial charge in [0.05, 0.1) is 0 Å². The molecular weight excluding hydrogens is 108 g/mol. The van der Waals surface area contributed by atoms with Crippen LogP contribution in [0, 0.1) is 5.89 Å². The number of hydrogen-bond donors (Lipinski definition) is 0. The van der Waals surface area contributed by atoms with E-state index in [1.165, 1.54) is 0 Å². The molecule has 0 bridgehead atoms. The van der Waals surface area contributed by atoms with Crippen LogP contribution in [0.5, 0.6) is 0 Å². The van der Waals surface area contributed by atoms with Crippen molar-refractivity contribution < 1.29 is 2.74 Å². The molecule has 0 aromatic carbocycles. The van der Waals surface area contributed by atoms with E-state index in [4.69, 9.17) is 2.74 Å². The first-order valence-electron chi connectivity index (χ1n) is 5.16. The second-order valence-electron chi connectivity index (χ2n) is 2.89. The maximum atomic E-state index is 8.03. The van der Waals surface area contributed by atoms with Gasteiger partial charge in [-0.05, 0) is 5.89 Å². The van der Waals surface area contributed by atoms with E-state index in [1.54, 1.807) is 0 Å². The minimum Gasteiger partial charge on any atom is -0.0654 e. The minimum absolute atomic E-state index is 0.0489. The van der Waals surface area contributed by atoms with Crippen molar-refractivity contribution in [2.24, 2.45) is 5.89 Å². The zero-order chi connectivity index (χ0) is 8.32. The van der Waals surface area contributed by atoms with Crippen LogP contribution in [0.25, 0.3) is 0 Å². The second kappa shape index (κ2) is 3.92. The van der Waals surface area contributed by atoms with Gasteiger partial charge in [0.1, 0.15) is 0 Å². The zero-order valence-electron chi connectivity index (χ0n) is 8.32. The van der Waals surface area contributed by atoms with Crippen LogP contribution < -0.4 is 0 Å². The fourth-order valence-corrected chi connectivity index (χ4v) is 1.49. The molecule has 2 unspecified atom stereocenters. The Morgan fingerprint density at radius 1 is 1.56 bits per heavy atom. The summed E-state index contributed by atoms with van der Waals surface area (Å²) in [6.45, 7) is 2.13. The Kier molecular flexibility index (Phi) is 2.07. The van der Waals surface area contributed by atoms with Gasteiger partial charge < -0.3 is 0 Å². The van der Waals surface area contributed by atoms with Gasteiger partial charge >= 0.3 is 0 Å². The third-order valence-corrected chi connectivity index (χ3v) is 1.98. The van der Waals surface area contributed by atoms with Crippen LogP contribution in [0.15, 0.2) is 0 Å². The van der Waals surface area contributed by atoms with Gasteiger partial charge in [-0.2, -0.15) is 0 Å². The summed E-state index contributed by atoms with van der Waals surface area (Å²) in [4.78, 5) is 0. The Morgan fingerprint density at radius 2 is 2.44 bits per heavy atom. The first kappa shape index (κ1) is 4.76. The fourth-order valence-electron chi connectivity index (χ4n) is 1.49. The highest BCUT2D eigenvalue weighted by Crippen LogP contribution is 2.26. The topological polar surface area (TPSA) is 0 Å². The van der Waals surface area contributed by atoms with E-state index in [0.29, 0.717) is 0 Å². The predicted molar refractivity (Wildman–Crippen MR) is 41.5 cm³/mol. The van der Waals surface area contributed by atoms with E-state index in [2.05, 4.69) is 6.92 Å². The molecule has 0 aromatic heterocycles. The summed E-state index contributed by atoms with van der Waals surface area (Å²) in [6.07, 6.45) is 6.07. The Balaban J connectivity index is 2.41. The van der Waals surface area contributed by atoms with Crippen molar-refractivity contribution in [3.05, 3.63) is 0 Å². The predicted octanol–water partition coefficient (Wildman–Crippen LogP) is 3.37. The molecule has 9 heavy (non-hydrogen) atoms. The molecule has 1 fully saturated rings. The van der Waals surface area contributed by atoms with Crippen LogP contribution in [0.1, 0.15) is 54.6 Å². The molecule has 0 spiro atoms. The van der Waals surface area contributed by atoms with Gasteiger partial charge in [0.2, 0.25) is 0 Å². The van der Waals surface area contributed by atoms with Gasteiger partial charge in [-0.3, -0.25) is 0 Å². The van der Waals surface area contributed by atoms with Crippen LogP contribution in [-0.2, 0) is 0 Å². The summed E-state index contributed by atoms with van der Waals surface area (Å²) < 4.78 is 15.6. The summed E-state index contributed by atoms with van der Waals surface area (Å²) in [7, 11) is 0. The highest BCUT2D eigenvalue weighted by atomic mass is 14.2. The third kappa shape index (κ3) is 2.38. The Morgan fingerprint density at radius 3 is 3.11 bits per heavy atom. The van der Waals surface area contributed by atoms with E-state index in [0.717, 1.165) is 38.5 Å². The molecule has 1 aliphatic rings. The summed E-state index contributed by atoms with van der Waals surface area (Å²) in [5, 5.41) is 0. The van der Waals surface area contributed by atoms with Crippen molar-refractivity contribution in [1.29, 1.82) is 0 Å². The zero-order valence-corrected chi connectivity index (χ0v) is 6.32. The average Bonchev–Trinajstić information content (AvgIpc) is 1.86. The van der Waals surface area contributed by atoms with Crippen molar-refractivity contribution in [3.8, 4) is 0 Å². The van der Waals surface area contributed by atoms with E-state index in [-0.39, 0.29) is 12.3 Å². The molecular formula is C9H18. The van der Waals surface area contributed by atoms with Crippen LogP contribution in [-0.4, -0.2) is 0 Å². The lowest BCUT2D eigenvalue weighted by Gasteiger charge is -2.20. The van der Waals surface area contributed by atoms with E-state index >= 15 is 0 Å². The second-order valence-corrected chi connectivity index (χ2v) is 2.89. The Labute approximate surface area is 61.5 Å². The molecule has 0 radical (unpaired) electrons. The molecule has 0 nitrogen and oxygen atoms in total. The standard InChI is InChI=1S/C9H18/c1-2-6-9-7-4-3-5-8-9/h9H,2-8H2,1H3/i4D,9D. The van der Waals surface area contributed by atoms with Gasteiger partial charge in [-0.25, -0.2) is 0 Å². The lowest BCUT2D eigenvalue weighted by atomic mass is 9.86. The minimum atomic E-state index is -0.237. The molecule has 0 heterocycles. The van der Waals surface area contributed by atoms with Crippen LogP contribution in [0.4, 0.5) is 0 Å². The molecule has 0 aliphatic heterocycles. The van der Waals surface area contributed by atoms with E-state index < -0.39 is 0 Å². The Hall–Kier alpha value is 0. The van der Waals surface area contributed by atoms with Gasteiger partial charge in [-0.15, -0.1) is 0 Å². The molecule has 1 aliphatic carbocycles. The smallest absolute Gasteiger partial charge is 0.0303 e. The van der Waals surface area contributed by atoms with Crippen LogP contribution >= 0.6 is 0 Å². The molecule has 2 atom stereocenters. The van der Waals surface area contributed by atoms with Crippen molar-refractivity contribution in [2.75, 3.05) is 0 Å². The van der Waals surface area contributed by atoms with Crippen molar-refractivity contribution >= 4 is 0 Å². The summed E-state index contributed by atoms with van der Waals surface area (Å²) in [5.74, 6) is -0.237. The van der Waals surface area contributed by atoms with Crippen LogP contribution in [0.2, 0.25) is 0 Å². The molecule has 0 saturated heterocycles. The molecule has 0 aromatic rings. The summed E-state index contributed by atoms with van der Waals surface area (Å²) >= 11 is 0. The summed E-state index contributed by atoms with van der Waals surface area (Å²) in [5.41, 5.74) is 0. The third-order valence-electron chi connectivity index (χ3n) is 1.98. The average molecular weight is 128 g/mol. The van der Waals surface area contributed by atoms with E-state index in [9.17, 15) is 0 Å². The van der Waals surface area contributed by atoms with Crippen LogP contribution in [0.3, 0.4) is 0 Å². The monoisotopic (exact) mass is 128 g/mol. The van der Waals surface area contributed by atoms with Crippen molar-refractivity contribution in [1.82, 2.24) is 0 Å². The fraction of sp³-hybridized carbons (Fsp3) is 1.00. The first-order chi connectivity index (χ1) is 5.16. The maximum Gasteiger partial charge on any atom is 0.0303 e. The van der Waals surface area contributed by atoms with Gasteiger partial charge in [0, 0.05) is 2.74 Å². The SMILES string of the molecule is [2H]C1CCCC([2H])(CCC)C1. The highest BCUT2D eigenvalue weighted by Gasteiger charge is 2.10. The molecule has 0 N–H and O–H groups in total. The van der Waals surface area contributed by atoms with Gasteiger partial charge in [-0.1, -0.05) is 51.8 Å². The lowest BCUT2D eigenvalue weighted by Crippen LogP contribution is -2.04. The van der Waals surface area contributed by atoms with Crippen molar-refractivity contribution in [2.45, 2.75) is 51.8 Å². The molecule has 1 rings (SSSR count). The summed E-state index contributed by atoms with van der Waals surface area (Å²) in [6, 6.07) is 0. The molecule has 1 saturated carbocycles. The first-order valence-corrected chi connectivity index (χ1v) is 4.08. The largest absolute Gasteiger partial charge is 0.0654 e. The van der Waals surface area contributed by atoms with Gasteiger partial charge in [0.25, 0.3) is 0 Å². The number of hydrogen-bond acceptors (Lipinski definition) is 0. The lowest BCUT2D eigenvalue weighted by molar-refractivity contribution is 0.336. The molecule has 54 valence electrons. The van der Waals surface area contributed by atoms with Crippen molar-refractivity contribution in [3.63, 3.8) is 0 Å². The maximum absolute atomic E-state index is 8.03. The van der Waals surface area contributed by atoms with E-state index in [1.807, 2.05) is 0 Å². The van der Waals surface area contributed by atoms with Gasteiger partial charge in [0.15, 0.2) is 0 Å². The Bertz CT molecular complexity index is 121. The normalized spacial score (nSPS) is 47.9. The molecule has 0 heteroatoms. The quantitative estimate of drug-likeness (QED) is 0.535. The number of rotatable bonds is 2.